The van der Waals surface area contributed by atoms with Crippen molar-refractivity contribution in [3.05, 3.63) is 48.5 Å². The number of benzene rings is 1. The maximum absolute atomic E-state index is 12.5. The quantitative estimate of drug-likeness (QED) is 0.758. The third kappa shape index (κ3) is 5.84. The Kier molecular flexibility index (Phi) is 7.06. The molecule has 1 aliphatic rings. The number of carbonyl (C=O) groups is 2. The largest absolute Gasteiger partial charge is 0.497 e. The zero-order valence-corrected chi connectivity index (χ0v) is 16.3. The Labute approximate surface area is 165 Å². The van der Waals surface area contributed by atoms with Crippen LogP contribution in [0.15, 0.2) is 43.0 Å². The topological polar surface area (TPSA) is 76.5 Å². The third-order valence-electron chi connectivity index (χ3n) is 5.06. The Hall–Kier alpha value is -2.83. The molecule has 2 amide bonds. The van der Waals surface area contributed by atoms with Crippen LogP contribution in [-0.4, -0.2) is 46.0 Å². The van der Waals surface area contributed by atoms with Crippen LogP contribution in [0.4, 0.5) is 0 Å². The van der Waals surface area contributed by atoms with Gasteiger partial charge >= 0.3 is 0 Å². The van der Waals surface area contributed by atoms with Gasteiger partial charge in [-0.25, -0.2) is 4.98 Å². The molecule has 1 saturated heterocycles. The van der Waals surface area contributed by atoms with Gasteiger partial charge in [0.15, 0.2) is 0 Å². The van der Waals surface area contributed by atoms with Crippen LogP contribution in [0.5, 0.6) is 5.75 Å². The van der Waals surface area contributed by atoms with Gasteiger partial charge in [0.25, 0.3) is 0 Å². The number of hydrogen-bond acceptors (Lipinski definition) is 4. The van der Waals surface area contributed by atoms with E-state index in [1.165, 1.54) is 0 Å². The zero-order chi connectivity index (χ0) is 19.8. The fourth-order valence-electron chi connectivity index (χ4n) is 3.48. The number of ether oxygens (including phenoxy) is 1. The van der Waals surface area contributed by atoms with Crippen molar-refractivity contribution in [3.63, 3.8) is 0 Å². The molecule has 3 rings (SSSR count). The van der Waals surface area contributed by atoms with Gasteiger partial charge in [-0.1, -0.05) is 12.1 Å². The summed E-state index contributed by atoms with van der Waals surface area (Å²) in [6, 6.07) is 7.84. The molecule has 0 aliphatic carbocycles. The monoisotopic (exact) mass is 384 g/mol. The number of likely N-dealkylation sites (tertiary alicyclic amines) is 1. The van der Waals surface area contributed by atoms with E-state index in [2.05, 4.69) is 10.3 Å². The number of nitrogens with one attached hydrogen (secondary N) is 1. The number of rotatable bonds is 8. The Morgan fingerprint density at radius 2 is 2.25 bits per heavy atom. The van der Waals surface area contributed by atoms with Crippen molar-refractivity contribution in [2.45, 2.75) is 51.2 Å². The molecule has 2 heterocycles. The lowest BCUT2D eigenvalue weighted by Crippen LogP contribution is -2.35. The summed E-state index contributed by atoms with van der Waals surface area (Å²) in [5.74, 6) is 0.985. The summed E-state index contributed by atoms with van der Waals surface area (Å²) in [6.07, 6.45) is 8.58. The lowest BCUT2D eigenvalue weighted by molar-refractivity contribution is -0.131. The molecule has 0 bridgehead atoms. The number of nitrogens with zero attached hydrogens (tertiary/aromatic N) is 3. The third-order valence-corrected chi connectivity index (χ3v) is 5.06. The summed E-state index contributed by atoms with van der Waals surface area (Å²) in [7, 11) is 1.64. The Morgan fingerprint density at radius 3 is 3.04 bits per heavy atom. The average Bonchev–Trinajstić information content (AvgIpc) is 3.16. The van der Waals surface area contributed by atoms with Gasteiger partial charge in [0.2, 0.25) is 11.8 Å². The van der Waals surface area contributed by atoms with Gasteiger partial charge in [-0.05, 0) is 37.0 Å². The minimum Gasteiger partial charge on any atom is -0.497 e. The van der Waals surface area contributed by atoms with Gasteiger partial charge in [0, 0.05) is 50.9 Å². The van der Waals surface area contributed by atoms with E-state index < -0.39 is 0 Å². The normalized spacial score (nSPS) is 17.2. The lowest BCUT2D eigenvalue weighted by atomic mass is 10.1. The van der Waals surface area contributed by atoms with E-state index in [1.807, 2.05) is 39.9 Å². The second-order valence-electron chi connectivity index (χ2n) is 7.16. The molecule has 1 aromatic heterocycles. The number of hydrogen-bond donors (Lipinski definition) is 1. The van der Waals surface area contributed by atoms with E-state index in [4.69, 9.17) is 4.74 Å². The van der Waals surface area contributed by atoms with Gasteiger partial charge in [-0.3, -0.25) is 9.59 Å². The smallest absolute Gasteiger partial charge is 0.222 e. The van der Waals surface area contributed by atoms with E-state index in [9.17, 15) is 9.59 Å². The number of amides is 2. The van der Waals surface area contributed by atoms with Crippen LogP contribution in [0.3, 0.4) is 0 Å². The summed E-state index contributed by atoms with van der Waals surface area (Å²) in [6.45, 7) is 2.00. The van der Waals surface area contributed by atoms with Gasteiger partial charge in [0.1, 0.15) is 5.75 Å². The van der Waals surface area contributed by atoms with Crippen molar-refractivity contribution in [1.29, 1.82) is 0 Å². The van der Waals surface area contributed by atoms with Crippen molar-refractivity contribution >= 4 is 11.8 Å². The number of carbonyl (C=O) groups excluding carboxylic acids is 2. The summed E-state index contributed by atoms with van der Waals surface area (Å²) < 4.78 is 7.22. The van der Waals surface area contributed by atoms with E-state index in [0.29, 0.717) is 32.4 Å². The zero-order valence-electron chi connectivity index (χ0n) is 16.3. The fraction of sp³-hybridized carbons (Fsp3) is 0.476. The standard InChI is InChI=1S/C21H28N4O3/c1-28-19-5-2-4-17(14-19)15-25-12-9-18(7-8-21(25)27)23-20(26)6-3-11-24-13-10-22-16-24/h2,4-5,10,13-14,16,18H,3,6-9,11-12,15H2,1H3,(H,23,26). The Bertz CT molecular complexity index is 776. The molecule has 28 heavy (non-hydrogen) atoms. The van der Waals surface area contributed by atoms with E-state index >= 15 is 0 Å². The molecule has 1 aromatic carbocycles. The predicted octanol–water partition coefficient (Wildman–Crippen LogP) is 2.37. The maximum Gasteiger partial charge on any atom is 0.222 e. The minimum atomic E-state index is 0.0545. The molecule has 0 saturated carbocycles. The first-order valence-corrected chi connectivity index (χ1v) is 9.80. The second-order valence-corrected chi connectivity index (χ2v) is 7.16. The number of imidazole rings is 1. The highest BCUT2D eigenvalue weighted by molar-refractivity contribution is 5.78. The maximum atomic E-state index is 12.5. The number of aromatic nitrogens is 2. The molecule has 1 atom stereocenters. The van der Waals surface area contributed by atoms with Gasteiger partial charge in [-0.2, -0.15) is 0 Å². The lowest BCUT2D eigenvalue weighted by Gasteiger charge is -2.21. The van der Waals surface area contributed by atoms with Crippen LogP contribution in [0, 0.1) is 0 Å². The highest BCUT2D eigenvalue weighted by Gasteiger charge is 2.23. The summed E-state index contributed by atoms with van der Waals surface area (Å²) >= 11 is 0. The first-order chi connectivity index (χ1) is 13.6. The second kappa shape index (κ2) is 9.92. The fourth-order valence-corrected chi connectivity index (χ4v) is 3.48. The molecular formula is C21H28N4O3. The minimum absolute atomic E-state index is 0.0545. The van der Waals surface area contributed by atoms with Crippen LogP contribution in [-0.2, 0) is 22.7 Å². The molecule has 1 N–H and O–H groups in total. The average molecular weight is 384 g/mol. The highest BCUT2D eigenvalue weighted by atomic mass is 16.5. The van der Waals surface area contributed by atoms with Crippen molar-refractivity contribution in [1.82, 2.24) is 19.8 Å². The molecular weight excluding hydrogens is 356 g/mol. The molecule has 2 aromatic rings. The van der Waals surface area contributed by atoms with E-state index in [1.54, 1.807) is 19.6 Å². The van der Waals surface area contributed by atoms with E-state index in [-0.39, 0.29) is 17.9 Å². The molecule has 1 fully saturated rings. The first kappa shape index (κ1) is 19.9. The van der Waals surface area contributed by atoms with E-state index in [0.717, 1.165) is 30.7 Å². The first-order valence-electron chi connectivity index (χ1n) is 9.80. The Morgan fingerprint density at radius 1 is 1.36 bits per heavy atom. The summed E-state index contributed by atoms with van der Waals surface area (Å²) in [5.41, 5.74) is 1.05. The summed E-state index contributed by atoms with van der Waals surface area (Å²) in [5, 5.41) is 3.10. The predicted molar refractivity (Wildman–Crippen MR) is 106 cm³/mol. The van der Waals surface area contributed by atoms with Crippen molar-refractivity contribution in [3.8, 4) is 5.75 Å². The summed E-state index contributed by atoms with van der Waals surface area (Å²) in [4.78, 5) is 30.6. The van der Waals surface area contributed by atoms with Crippen molar-refractivity contribution in [2.75, 3.05) is 13.7 Å². The Balaban J connectivity index is 1.45. The van der Waals surface area contributed by atoms with Crippen LogP contribution in [0.1, 0.15) is 37.7 Å². The van der Waals surface area contributed by atoms with Crippen molar-refractivity contribution in [2.24, 2.45) is 0 Å². The van der Waals surface area contributed by atoms with Gasteiger partial charge < -0.3 is 19.5 Å². The highest BCUT2D eigenvalue weighted by Crippen LogP contribution is 2.18. The number of aryl methyl sites for hydroxylation is 1. The molecule has 7 heteroatoms. The molecule has 0 radical (unpaired) electrons. The molecule has 150 valence electrons. The van der Waals surface area contributed by atoms with Crippen LogP contribution in [0.25, 0.3) is 0 Å². The van der Waals surface area contributed by atoms with Crippen LogP contribution < -0.4 is 10.1 Å². The van der Waals surface area contributed by atoms with Crippen LogP contribution >= 0.6 is 0 Å². The van der Waals surface area contributed by atoms with Crippen LogP contribution in [0.2, 0.25) is 0 Å². The molecule has 7 nitrogen and oxygen atoms in total. The van der Waals surface area contributed by atoms with Crippen molar-refractivity contribution < 1.29 is 14.3 Å². The van der Waals surface area contributed by atoms with Gasteiger partial charge in [-0.15, -0.1) is 0 Å². The number of methoxy groups -OCH3 is 1. The molecule has 1 unspecified atom stereocenters. The molecule has 1 aliphatic heterocycles. The van der Waals surface area contributed by atoms with Gasteiger partial charge in [0.05, 0.1) is 13.4 Å². The molecule has 0 spiro atoms. The SMILES string of the molecule is COc1cccc(CN2CCC(NC(=O)CCCn3ccnc3)CCC2=O)c1.